The summed E-state index contributed by atoms with van der Waals surface area (Å²) in [5, 5.41) is 0. The molecule has 1 saturated carbocycles. The first-order valence-electron chi connectivity index (χ1n) is 4.87. The van der Waals surface area contributed by atoms with Gasteiger partial charge in [0.1, 0.15) is 0 Å². The molecule has 0 aromatic heterocycles. The normalized spacial score (nSPS) is 47.0. The molecule has 2 aliphatic rings. The predicted molar refractivity (Wildman–Crippen MR) is 45.5 cm³/mol. The van der Waals surface area contributed by atoms with Crippen LogP contribution in [-0.2, 0) is 9.53 Å². The summed E-state index contributed by atoms with van der Waals surface area (Å²) >= 11 is 0. The molecule has 2 nitrogen and oxygen atoms in total. The number of ether oxygens (including phenoxy) is 1. The minimum absolute atomic E-state index is 0.0584. The Kier molecular flexibility index (Phi) is 1.85. The van der Waals surface area contributed by atoms with Gasteiger partial charge in [0.2, 0.25) is 0 Å². The van der Waals surface area contributed by atoms with Gasteiger partial charge in [-0.2, -0.15) is 0 Å². The van der Waals surface area contributed by atoms with Gasteiger partial charge in [0, 0.05) is 0 Å². The summed E-state index contributed by atoms with van der Waals surface area (Å²) in [5.74, 6) is 2.01. The van der Waals surface area contributed by atoms with Crippen LogP contribution in [0, 0.1) is 23.7 Å². The maximum atomic E-state index is 11.4. The second-order valence-corrected chi connectivity index (χ2v) is 4.35. The highest BCUT2D eigenvalue weighted by molar-refractivity contribution is 5.74. The van der Waals surface area contributed by atoms with E-state index in [1.165, 1.54) is 12.8 Å². The summed E-state index contributed by atoms with van der Waals surface area (Å²) in [4.78, 5) is 11.4. The quantitative estimate of drug-likeness (QED) is 0.516. The largest absolute Gasteiger partial charge is 0.465 e. The lowest BCUT2D eigenvalue weighted by Gasteiger charge is -2.31. The van der Waals surface area contributed by atoms with Gasteiger partial charge < -0.3 is 4.74 Å². The fourth-order valence-electron chi connectivity index (χ4n) is 2.72. The molecule has 12 heavy (non-hydrogen) atoms. The van der Waals surface area contributed by atoms with Gasteiger partial charge >= 0.3 is 5.97 Å². The zero-order valence-electron chi connectivity index (χ0n) is 7.75. The van der Waals surface area contributed by atoms with Crippen molar-refractivity contribution in [3.8, 4) is 0 Å². The van der Waals surface area contributed by atoms with Gasteiger partial charge in [-0.25, -0.2) is 0 Å². The van der Waals surface area contributed by atoms with Crippen molar-refractivity contribution in [2.45, 2.75) is 26.7 Å². The van der Waals surface area contributed by atoms with E-state index in [0.29, 0.717) is 24.4 Å². The number of hydrogen-bond donors (Lipinski definition) is 0. The van der Waals surface area contributed by atoms with Gasteiger partial charge in [0.25, 0.3) is 0 Å². The Labute approximate surface area is 73.3 Å². The van der Waals surface area contributed by atoms with Crippen molar-refractivity contribution in [3.05, 3.63) is 0 Å². The standard InChI is InChI=1S/C10H16O2/c1-6-3-4-8-7(2)5-12-10(11)9(6)8/h6-9H,3-5H2,1-2H3/t6-,7?,8?,9+/m0/s1. The average Bonchev–Trinajstić information content (AvgIpc) is 2.42. The number of rotatable bonds is 0. The van der Waals surface area contributed by atoms with E-state index in [1.54, 1.807) is 0 Å². The highest BCUT2D eigenvalue weighted by Crippen LogP contribution is 2.44. The third kappa shape index (κ3) is 1.05. The van der Waals surface area contributed by atoms with Crippen LogP contribution in [0.1, 0.15) is 26.7 Å². The molecule has 0 amide bonds. The maximum Gasteiger partial charge on any atom is 0.309 e. The Bertz CT molecular complexity index is 200. The number of carbonyl (C=O) groups excluding carboxylic acids is 1. The van der Waals surface area contributed by atoms with Gasteiger partial charge in [0.15, 0.2) is 0 Å². The molecule has 2 fully saturated rings. The molecule has 0 aromatic rings. The molecule has 2 rings (SSSR count). The lowest BCUT2D eigenvalue weighted by Crippen LogP contribution is -2.37. The number of fused-ring (bicyclic) bond motifs is 1. The number of hydrogen-bond acceptors (Lipinski definition) is 2. The summed E-state index contributed by atoms with van der Waals surface area (Å²) in [6.07, 6.45) is 2.43. The van der Waals surface area contributed by atoms with E-state index in [9.17, 15) is 4.79 Å². The molecule has 4 atom stereocenters. The highest BCUT2D eigenvalue weighted by Gasteiger charge is 2.45. The first kappa shape index (κ1) is 8.09. The van der Waals surface area contributed by atoms with Crippen molar-refractivity contribution >= 4 is 5.97 Å². The lowest BCUT2D eigenvalue weighted by molar-refractivity contribution is -0.160. The van der Waals surface area contributed by atoms with Crippen LogP contribution < -0.4 is 0 Å². The molecule has 1 saturated heterocycles. The molecule has 0 radical (unpaired) electrons. The minimum atomic E-state index is 0.0584. The van der Waals surface area contributed by atoms with Crippen molar-refractivity contribution in [1.82, 2.24) is 0 Å². The number of carbonyl (C=O) groups is 1. The highest BCUT2D eigenvalue weighted by atomic mass is 16.5. The van der Waals surface area contributed by atoms with E-state index in [4.69, 9.17) is 4.74 Å². The second kappa shape index (κ2) is 2.75. The molecule has 2 unspecified atom stereocenters. The molecule has 1 aliphatic heterocycles. The molecular weight excluding hydrogens is 152 g/mol. The van der Waals surface area contributed by atoms with Gasteiger partial charge in [-0.05, 0) is 30.6 Å². The third-order valence-electron chi connectivity index (χ3n) is 3.52. The van der Waals surface area contributed by atoms with Gasteiger partial charge in [-0.3, -0.25) is 4.79 Å². The first-order chi connectivity index (χ1) is 5.70. The molecule has 68 valence electrons. The molecular formula is C10H16O2. The molecule has 0 bridgehead atoms. The summed E-state index contributed by atoms with van der Waals surface area (Å²) < 4.78 is 5.14. The van der Waals surface area contributed by atoms with Gasteiger partial charge in [-0.15, -0.1) is 0 Å². The summed E-state index contributed by atoms with van der Waals surface area (Å²) in [6, 6.07) is 0. The van der Waals surface area contributed by atoms with E-state index in [0.717, 1.165) is 0 Å². The van der Waals surface area contributed by atoms with Crippen molar-refractivity contribution in [2.24, 2.45) is 23.7 Å². The van der Waals surface area contributed by atoms with Crippen LogP contribution in [0.15, 0.2) is 0 Å². The van der Waals surface area contributed by atoms with E-state index >= 15 is 0 Å². The van der Waals surface area contributed by atoms with Crippen molar-refractivity contribution in [2.75, 3.05) is 6.61 Å². The minimum Gasteiger partial charge on any atom is -0.465 e. The third-order valence-corrected chi connectivity index (χ3v) is 3.52. The van der Waals surface area contributed by atoms with Crippen LogP contribution in [0.5, 0.6) is 0 Å². The SMILES string of the molecule is CC1COC(=O)[C@H]2C1CC[C@@H]2C. The van der Waals surface area contributed by atoms with Gasteiger partial charge in [-0.1, -0.05) is 13.8 Å². The van der Waals surface area contributed by atoms with Crippen molar-refractivity contribution < 1.29 is 9.53 Å². The second-order valence-electron chi connectivity index (χ2n) is 4.35. The van der Waals surface area contributed by atoms with Crippen molar-refractivity contribution in [1.29, 1.82) is 0 Å². The Balaban J connectivity index is 2.18. The summed E-state index contributed by atoms with van der Waals surface area (Å²) in [7, 11) is 0. The van der Waals surface area contributed by atoms with E-state index in [-0.39, 0.29) is 11.9 Å². The Morgan fingerprint density at radius 3 is 2.67 bits per heavy atom. The topological polar surface area (TPSA) is 26.3 Å². The lowest BCUT2D eigenvalue weighted by atomic mass is 9.81. The van der Waals surface area contributed by atoms with Crippen LogP contribution in [0.3, 0.4) is 0 Å². The van der Waals surface area contributed by atoms with E-state index < -0.39 is 0 Å². The van der Waals surface area contributed by atoms with Gasteiger partial charge in [0.05, 0.1) is 12.5 Å². The number of cyclic esters (lactones) is 1. The predicted octanol–water partition coefficient (Wildman–Crippen LogP) is 1.84. The van der Waals surface area contributed by atoms with Crippen LogP contribution in [0.4, 0.5) is 0 Å². The first-order valence-corrected chi connectivity index (χ1v) is 4.87. The van der Waals surface area contributed by atoms with Crippen LogP contribution >= 0.6 is 0 Å². The summed E-state index contributed by atoms with van der Waals surface area (Å²) in [5.41, 5.74) is 0. The van der Waals surface area contributed by atoms with Crippen LogP contribution in [0.25, 0.3) is 0 Å². The maximum absolute atomic E-state index is 11.4. The van der Waals surface area contributed by atoms with Crippen LogP contribution in [-0.4, -0.2) is 12.6 Å². The Hall–Kier alpha value is -0.530. The monoisotopic (exact) mass is 168 g/mol. The zero-order valence-corrected chi connectivity index (χ0v) is 7.75. The van der Waals surface area contributed by atoms with E-state index in [1.807, 2.05) is 0 Å². The smallest absolute Gasteiger partial charge is 0.309 e. The Morgan fingerprint density at radius 2 is 2.00 bits per heavy atom. The number of esters is 1. The molecule has 1 heterocycles. The fourth-order valence-corrected chi connectivity index (χ4v) is 2.72. The summed E-state index contributed by atoms with van der Waals surface area (Å²) in [6.45, 7) is 5.01. The Morgan fingerprint density at radius 1 is 1.25 bits per heavy atom. The van der Waals surface area contributed by atoms with E-state index in [2.05, 4.69) is 13.8 Å². The zero-order chi connectivity index (χ0) is 8.72. The molecule has 2 heteroatoms. The van der Waals surface area contributed by atoms with Crippen molar-refractivity contribution in [3.63, 3.8) is 0 Å². The molecule has 0 N–H and O–H groups in total. The molecule has 0 spiro atoms. The average molecular weight is 168 g/mol. The molecule has 1 aliphatic carbocycles. The molecule has 0 aromatic carbocycles. The fraction of sp³-hybridized carbons (Fsp3) is 0.900. The van der Waals surface area contributed by atoms with Crippen LogP contribution in [0.2, 0.25) is 0 Å².